The molecule has 0 fully saturated rings. The summed E-state index contributed by atoms with van der Waals surface area (Å²) in [6.07, 6.45) is 0. The van der Waals surface area contributed by atoms with Crippen molar-refractivity contribution in [2.24, 2.45) is 0 Å². The van der Waals surface area contributed by atoms with Gasteiger partial charge in [0.25, 0.3) is 0 Å². The van der Waals surface area contributed by atoms with E-state index in [2.05, 4.69) is 43.7 Å². The Bertz CT molecular complexity index is 316. The van der Waals surface area contributed by atoms with Crippen LogP contribution in [0.1, 0.15) is 5.56 Å². The van der Waals surface area contributed by atoms with E-state index >= 15 is 0 Å². The molecule has 1 aromatic carbocycles. The third-order valence-corrected chi connectivity index (χ3v) is 1.90. The van der Waals surface area contributed by atoms with Gasteiger partial charge < -0.3 is 0 Å². The summed E-state index contributed by atoms with van der Waals surface area (Å²) in [7, 11) is 0. The summed E-state index contributed by atoms with van der Waals surface area (Å²) < 4.78 is 13.5. The number of alkyl halides is 1. The highest BCUT2D eigenvalue weighted by Gasteiger charge is 1.94. The fraction of sp³-hybridized carbons (Fsp3) is 0.111. The molecule has 1 aromatic rings. The van der Waals surface area contributed by atoms with Crippen molar-refractivity contribution in [2.75, 3.05) is 5.33 Å². The molecule has 0 aliphatic carbocycles. The molecular formula is C9H5Br2F. The summed E-state index contributed by atoms with van der Waals surface area (Å²) >= 11 is 6.35. The molecule has 0 atom stereocenters. The summed E-state index contributed by atoms with van der Waals surface area (Å²) in [5.41, 5.74) is 0.682. The summed E-state index contributed by atoms with van der Waals surface area (Å²) in [5.74, 6) is 5.33. The average Bonchev–Trinajstić information content (AvgIpc) is 1.99. The van der Waals surface area contributed by atoms with Gasteiger partial charge in [-0.15, -0.1) is 0 Å². The minimum atomic E-state index is -0.275. The first kappa shape index (κ1) is 9.76. The van der Waals surface area contributed by atoms with E-state index in [9.17, 15) is 4.39 Å². The van der Waals surface area contributed by atoms with Gasteiger partial charge >= 0.3 is 0 Å². The number of rotatable bonds is 0. The van der Waals surface area contributed by atoms with E-state index in [-0.39, 0.29) is 5.82 Å². The van der Waals surface area contributed by atoms with Crippen LogP contribution >= 0.6 is 31.9 Å². The molecule has 62 valence electrons. The Hall–Kier alpha value is -0.330. The lowest BCUT2D eigenvalue weighted by Crippen LogP contribution is -1.79. The van der Waals surface area contributed by atoms with Gasteiger partial charge in [-0.3, -0.25) is 0 Å². The van der Waals surface area contributed by atoms with Crippen molar-refractivity contribution < 1.29 is 4.39 Å². The molecule has 0 unspecified atom stereocenters. The van der Waals surface area contributed by atoms with E-state index in [1.807, 2.05) is 0 Å². The molecular weight excluding hydrogens is 287 g/mol. The molecule has 1 rings (SSSR count). The largest absolute Gasteiger partial charge is 0.207 e. The van der Waals surface area contributed by atoms with Crippen LogP contribution in [0.5, 0.6) is 0 Å². The van der Waals surface area contributed by atoms with Crippen LogP contribution in [0.4, 0.5) is 4.39 Å². The fourth-order valence-electron chi connectivity index (χ4n) is 0.761. The predicted molar refractivity (Wildman–Crippen MR) is 54.8 cm³/mol. The van der Waals surface area contributed by atoms with Crippen molar-refractivity contribution in [3.63, 3.8) is 0 Å². The van der Waals surface area contributed by atoms with E-state index in [1.165, 1.54) is 12.1 Å². The first-order valence-corrected chi connectivity index (χ1v) is 5.15. The molecule has 0 bridgehead atoms. The van der Waals surface area contributed by atoms with E-state index in [0.29, 0.717) is 15.4 Å². The Balaban J connectivity index is 3.01. The van der Waals surface area contributed by atoms with Crippen LogP contribution in [0.2, 0.25) is 0 Å². The van der Waals surface area contributed by atoms with E-state index in [4.69, 9.17) is 0 Å². The van der Waals surface area contributed by atoms with Gasteiger partial charge in [0, 0.05) is 10.0 Å². The Labute approximate surface area is 87.4 Å². The Morgan fingerprint density at radius 2 is 2.08 bits per heavy atom. The first-order valence-electron chi connectivity index (χ1n) is 3.23. The van der Waals surface area contributed by atoms with E-state index in [1.54, 1.807) is 6.07 Å². The monoisotopic (exact) mass is 290 g/mol. The maximum absolute atomic E-state index is 12.7. The quantitative estimate of drug-likeness (QED) is 0.508. The summed E-state index contributed by atoms with van der Waals surface area (Å²) in [6.45, 7) is 0. The summed E-state index contributed by atoms with van der Waals surface area (Å²) in [5, 5.41) is 0.598. The van der Waals surface area contributed by atoms with Crippen LogP contribution in [0, 0.1) is 17.7 Å². The van der Waals surface area contributed by atoms with Gasteiger partial charge in [-0.2, -0.15) is 0 Å². The van der Waals surface area contributed by atoms with Crippen molar-refractivity contribution >= 4 is 31.9 Å². The molecule has 0 aliphatic rings. The van der Waals surface area contributed by atoms with Crippen molar-refractivity contribution in [1.82, 2.24) is 0 Å². The highest BCUT2D eigenvalue weighted by molar-refractivity contribution is 9.10. The number of benzene rings is 1. The van der Waals surface area contributed by atoms with E-state index in [0.717, 1.165) is 0 Å². The molecule has 0 heterocycles. The molecule has 0 saturated carbocycles. The summed E-state index contributed by atoms with van der Waals surface area (Å²) in [4.78, 5) is 0. The second-order valence-corrected chi connectivity index (χ2v) is 3.57. The lowest BCUT2D eigenvalue weighted by molar-refractivity contribution is 0.626. The zero-order valence-electron chi connectivity index (χ0n) is 6.07. The SMILES string of the molecule is Fc1cc(Br)cc(C#CCBr)c1. The van der Waals surface area contributed by atoms with Crippen LogP contribution < -0.4 is 0 Å². The van der Waals surface area contributed by atoms with Gasteiger partial charge in [0.2, 0.25) is 0 Å². The number of hydrogen-bond acceptors (Lipinski definition) is 0. The highest BCUT2D eigenvalue weighted by atomic mass is 79.9. The van der Waals surface area contributed by atoms with Crippen LogP contribution in [0.25, 0.3) is 0 Å². The van der Waals surface area contributed by atoms with Gasteiger partial charge in [-0.25, -0.2) is 4.39 Å². The second-order valence-electron chi connectivity index (χ2n) is 2.09. The third kappa shape index (κ3) is 2.96. The molecule has 0 aliphatic heterocycles. The molecule has 0 spiro atoms. The lowest BCUT2D eigenvalue weighted by Gasteiger charge is -1.93. The molecule has 3 heteroatoms. The zero-order chi connectivity index (χ0) is 8.97. The van der Waals surface area contributed by atoms with Crippen LogP contribution in [-0.2, 0) is 0 Å². The molecule has 0 amide bonds. The maximum Gasteiger partial charge on any atom is 0.125 e. The van der Waals surface area contributed by atoms with Gasteiger partial charge in [-0.1, -0.05) is 43.7 Å². The average molecular weight is 292 g/mol. The van der Waals surface area contributed by atoms with Crippen LogP contribution in [0.3, 0.4) is 0 Å². The third-order valence-electron chi connectivity index (χ3n) is 1.16. The molecule has 0 radical (unpaired) electrons. The Kier molecular flexibility index (Phi) is 3.77. The zero-order valence-corrected chi connectivity index (χ0v) is 9.25. The van der Waals surface area contributed by atoms with Gasteiger partial charge in [0.05, 0.1) is 5.33 Å². The number of halogens is 3. The van der Waals surface area contributed by atoms with Crippen LogP contribution in [0.15, 0.2) is 22.7 Å². The number of hydrogen-bond donors (Lipinski definition) is 0. The smallest absolute Gasteiger partial charge is 0.125 e. The van der Waals surface area contributed by atoms with Gasteiger partial charge in [0.15, 0.2) is 0 Å². The lowest BCUT2D eigenvalue weighted by atomic mass is 10.2. The molecule has 0 saturated heterocycles. The molecule has 0 nitrogen and oxygen atoms in total. The predicted octanol–water partition coefficient (Wildman–Crippen LogP) is 3.33. The van der Waals surface area contributed by atoms with Gasteiger partial charge in [0.1, 0.15) is 5.82 Å². The van der Waals surface area contributed by atoms with Crippen molar-refractivity contribution in [1.29, 1.82) is 0 Å². The van der Waals surface area contributed by atoms with Crippen molar-refractivity contribution in [3.05, 3.63) is 34.1 Å². The highest BCUT2D eigenvalue weighted by Crippen LogP contribution is 2.13. The van der Waals surface area contributed by atoms with Crippen molar-refractivity contribution in [3.8, 4) is 11.8 Å². The minimum absolute atomic E-state index is 0.275. The minimum Gasteiger partial charge on any atom is -0.207 e. The second kappa shape index (κ2) is 4.64. The Morgan fingerprint density at radius 3 is 2.67 bits per heavy atom. The standard InChI is InChI=1S/C9H5Br2F/c10-3-1-2-7-4-8(11)6-9(12)5-7/h4-6H,3H2. The molecule has 12 heavy (non-hydrogen) atoms. The molecule has 0 aromatic heterocycles. The fourth-order valence-corrected chi connectivity index (χ4v) is 1.37. The van der Waals surface area contributed by atoms with Crippen LogP contribution in [-0.4, -0.2) is 5.33 Å². The molecule has 0 N–H and O–H groups in total. The normalized spacial score (nSPS) is 8.92. The Morgan fingerprint density at radius 1 is 1.33 bits per heavy atom. The van der Waals surface area contributed by atoms with E-state index < -0.39 is 0 Å². The van der Waals surface area contributed by atoms with Crippen molar-refractivity contribution in [2.45, 2.75) is 0 Å². The maximum atomic E-state index is 12.7. The topological polar surface area (TPSA) is 0 Å². The summed E-state index contributed by atoms with van der Waals surface area (Å²) in [6, 6.07) is 4.58. The van der Waals surface area contributed by atoms with Gasteiger partial charge in [-0.05, 0) is 18.2 Å². The first-order chi connectivity index (χ1) is 5.72.